The molecule has 0 atom stereocenters. The van der Waals surface area contributed by atoms with Gasteiger partial charge in [-0.25, -0.2) is 9.78 Å². The zero-order valence-electron chi connectivity index (χ0n) is 9.76. The monoisotopic (exact) mass is 325 g/mol. The Bertz CT molecular complexity index is 513. The average molecular weight is 326 g/mol. The van der Waals surface area contributed by atoms with Crippen molar-refractivity contribution in [3.8, 4) is 0 Å². The van der Waals surface area contributed by atoms with Crippen molar-refractivity contribution in [3.05, 3.63) is 45.9 Å². The topological polar surface area (TPSA) is 45.2 Å². The minimum Gasteiger partial charge on any atom is -0.323 e. The number of carbonyl (C=O) groups is 1. The minimum atomic E-state index is -0.159. The third-order valence-electron chi connectivity index (χ3n) is 2.33. The van der Waals surface area contributed by atoms with Crippen LogP contribution >= 0.6 is 27.3 Å². The van der Waals surface area contributed by atoms with Gasteiger partial charge >= 0.3 is 6.03 Å². The first-order chi connectivity index (χ1) is 8.65. The number of benzene rings is 1. The minimum absolute atomic E-state index is 0.159. The van der Waals surface area contributed by atoms with E-state index >= 15 is 0 Å². The van der Waals surface area contributed by atoms with Gasteiger partial charge in [-0.05, 0) is 17.7 Å². The van der Waals surface area contributed by atoms with Gasteiger partial charge in [0.2, 0.25) is 0 Å². The number of thiazole rings is 1. The fraction of sp³-hybridized carbons (Fsp3) is 0.167. The van der Waals surface area contributed by atoms with E-state index in [1.165, 1.54) is 11.3 Å². The summed E-state index contributed by atoms with van der Waals surface area (Å²) in [7, 11) is 1.75. The van der Waals surface area contributed by atoms with E-state index in [2.05, 4.69) is 26.2 Å². The Kier molecular flexibility index (Phi) is 4.33. The van der Waals surface area contributed by atoms with Gasteiger partial charge in [0.25, 0.3) is 0 Å². The molecule has 0 aliphatic carbocycles. The lowest BCUT2D eigenvalue weighted by atomic mass is 10.2. The van der Waals surface area contributed by atoms with Crippen molar-refractivity contribution in [2.75, 3.05) is 12.4 Å². The van der Waals surface area contributed by atoms with Crippen molar-refractivity contribution >= 4 is 38.4 Å². The SMILES string of the molecule is CN(Cc1ccc(Br)cc1)C(=O)Nc1nccs1. The van der Waals surface area contributed by atoms with E-state index in [0.717, 1.165) is 10.0 Å². The number of anilines is 1. The van der Waals surface area contributed by atoms with Crippen molar-refractivity contribution in [2.24, 2.45) is 0 Å². The average Bonchev–Trinajstić information content (AvgIpc) is 2.85. The van der Waals surface area contributed by atoms with Crippen LogP contribution in [0.3, 0.4) is 0 Å². The maximum absolute atomic E-state index is 11.9. The Labute approximate surface area is 118 Å². The molecule has 0 saturated heterocycles. The number of hydrogen-bond acceptors (Lipinski definition) is 3. The molecule has 1 aromatic carbocycles. The molecule has 0 unspecified atom stereocenters. The van der Waals surface area contributed by atoms with Gasteiger partial charge in [-0.2, -0.15) is 0 Å². The van der Waals surface area contributed by atoms with Crippen LogP contribution in [0.4, 0.5) is 9.93 Å². The summed E-state index contributed by atoms with van der Waals surface area (Å²) in [5.41, 5.74) is 1.08. The van der Waals surface area contributed by atoms with Gasteiger partial charge in [-0.3, -0.25) is 5.32 Å². The largest absolute Gasteiger partial charge is 0.323 e. The second-order valence-corrected chi connectivity index (χ2v) is 5.56. The number of aromatic nitrogens is 1. The van der Waals surface area contributed by atoms with Crippen molar-refractivity contribution in [1.29, 1.82) is 0 Å². The third-order valence-corrected chi connectivity index (χ3v) is 3.54. The standard InChI is InChI=1S/C12H12BrN3OS/c1-16(8-9-2-4-10(13)5-3-9)12(17)15-11-14-6-7-18-11/h2-7H,8H2,1H3,(H,14,15,17). The summed E-state index contributed by atoms with van der Waals surface area (Å²) in [6.07, 6.45) is 1.66. The summed E-state index contributed by atoms with van der Waals surface area (Å²) in [4.78, 5) is 17.5. The van der Waals surface area contributed by atoms with Crippen LogP contribution in [0.2, 0.25) is 0 Å². The summed E-state index contributed by atoms with van der Waals surface area (Å²) >= 11 is 4.78. The number of urea groups is 1. The number of nitrogens with one attached hydrogen (secondary N) is 1. The lowest BCUT2D eigenvalue weighted by Crippen LogP contribution is -2.30. The second kappa shape index (κ2) is 5.97. The third kappa shape index (κ3) is 3.54. The number of amides is 2. The summed E-state index contributed by atoms with van der Waals surface area (Å²) in [5, 5.41) is 5.18. The van der Waals surface area contributed by atoms with Crippen molar-refractivity contribution < 1.29 is 4.79 Å². The predicted molar refractivity (Wildman–Crippen MR) is 76.7 cm³/mol. The molecule has 0 spiro atoms. The molecule has 0 bridgehead atoms. The van der Waals surface area contributed by atoms with E-state index in [0.29, 0.717) is 11.7 Å². The Balaban J connectivity index is 1.93. The van der Waals surface area contributed by atoms with Gasteiger partial charge in [0.05, 0.1) is 0 Å². The lowest BCUT2D eigenvalue weighted by Gasteiger charge is -2.17. The van der Waals surface area contributed by atoms with Gasteiger partial charge in [0.1, 0.15) is 0 Å². The fourth-order valence-electron chi connectivity index (χ4n) is 1.41. The molecule has 1 aromatic heterocycles. The Hall–Kier alpha value is -1.40. The predicted octanol–water partition coefficient (Wildman–Crippen LogP) is 3.57. The molecule has 18 heavy (non-hydrogen) atoms. The second-order valence-electron chi connectivity index (χ2n) is 3.75. The first-order valence-corrected chi connectivity index (χ1v) is 6.98. The summed E-state index contributed by atoms with van der Waals surface area (Å²) in [5.74, 6) is 0. The summed E-state index contributed by atoms with van der Waals surface area (Å²) in [6.45, 7) is 0.560. The quantitative estimate of drug-likeness (QED) is 0.937. The molecule has 2 aromatic rings. The van der Waals surface area contributed by atoms with Crippen molar-refractivity contribution in [3.63, 3.8) is 0 Å². The van der Waals surface area contributed by atoms with Crippen LogP contribution in [0.5, 0.6) is 0 Å². The molecule has 94 valence electrons. The zero-order valence-corrected chi connectivity index (χ0v) is 12.2. The molecular formula is C12H12BrN3OS. The maximum atomic E-state index is 11.9. The van der Waals surface area contributed by atoms with Crippen LogP contribution in [-0.4, -0.2) is 23.0 Å². The molecule has 4 nitrogen and oxygen atoms in total. The van der Waals surface area contributed by atoms with E-state index in [1.807, 2.05) is 29.6 Å². The van der Waals surface area contributed by atoms with Crippen LogP contribution in [0.15, 0.2) is 40.3 Å². The smallest absolute Gasteiger partial charge is 0.323 e. The fourth-order valence-corrected chi connectivity index (χ4v) is 2.19. The molecule has 0 aliphatic heterocycles. The first kappa shape index (κ1) is 13.0. The van der Waals surface area contributed by atoms with Crippen LogP contribution in [0.25, 0.3) is 0 Å². The highest BCUT2D eigenvalue weighted by molar-refractivity contribution is 9.10. The number of nitrogens with zero attached hydrogens (tertiary/aromatic N) is 2. The number of carbonyl (C=O) groups excluding carboxylic acids is 1. The molecule has 0 aliphatic rings. The maximum Gasteiger partial charge on any atom is 0.323 e. The Morgan fingerprint density at radius 1 is 1.44 bits per heavy atom. The molecule has 6 heteroatoms. The zero-order chi connectivity index (χ0) is 13.0. The van der Waals surface area contributed by atoms with E-state index in [4.69, 9.17) is 0 Å². The summed E-state index contributed by atoms with van der Waals surface area (Å²) in [6, 6.07) is 7.73. The molecule has 1 heterocycles. The van der Waals surface area contributed by atoms with Crippen LogP contribution in [-0.2, 0) is 6.54 Å². The van der Waals surface area contributed by atoms with Gasteiger partial charge in [-0.15, -0.1) is 11.3 Å². The van der Waals surface area contributed by atoms with Gasteiger partial charge in [0, 0.05) is 29.6 Å². The van der Waals surface area contributed by atoms with Gasteiger partial charge in [0.15, 0.2) is 5.13 Å². The van der Waals surface area contributed by atoms with E-state index < -0.39 is 0 Å². The molecule has 2 rings (SSSR count). The normalized spacial score (nSPS) is 10.1. The van der Waals surface area contributed by atoms with Crippen LogP contribution < -0.4 is 5.32 Å². The highest BCUT2D eigenvalue weighted by atomic mass is 79.9. The van der Waals surface area contributed by atoms with Crippen molar-refractivity contribution in [2.45, 2.75) is 6.54 Å². The number of halogens is 1. The Morgan fingerprint density at radius 3 is 2.78 bits per heavy atom. The van der Waals surface area contributed by atoms with E-state index in [9.17, 15) is 4.79 Å². The van der Waals surface area contributed by atoms with E-state index in [-0.39, 0.29) is 6.03 Å². The number of rotatable bonds is 3. The highest BCUT2D eigenvalue weighted by Gasteiger charge is 2.10. The highest BCUT2D eigenvalue weighted by Crippen LogP contribution is 2.14. The van der Waals surface area contributed by atoms with Crippen molar-refractivity contribution in [1.82, 2.24) is 9.88 Å². The summed E-state index contributed by atoms with van der Waals surface area (Å²) < 4.78 is 1.03. The molecule has 0 fully saturated rings. The molecule has 0 saturated carbocycles. The molecule has 2 amide bonds. The molecule has 0 radical (unpaired) electrons. The van der Waals surface area contributed by atoms with E-state index in [1.54, 1.807) is 18.1 Å². The molecule has 1 N–H and O–H groups in total. The Morgan fingerprint density at radius 2 is 2.17 bits per heavy atom. The van der Waals surface area contributed by atoms with Crippen LogP contribution in [0, 0.1) is 0 Å². The lowest BCUT2D eigenvalue weighted by molar-refractivity contribution is 0.220. The van der Waals surface area contributed by atoms with Crippen LogP contribution in [0.1, 0.15) is 5.56 Å². The van der Waals surface area contributed by atoms with Gasteiger partial charge < -0.3 is 4.90 Å². The molecular weight excluding hydrogens is 314 g/mol. The number of hydrogen-bond donors (Lipinski definition) is 1. The van der Waals surface area contributed by atoms with Gasteiger partial charge in [-0.1, -0.05) is 28.1 Å². The first-order valence-electron chi connectivity index (χ1n) is 5.31.